The average molecular weight is 372 g/mol. The van der Waals surface area contributed by atoms with E-state index in [2.05, 4.69) is 5.32 Å². The Morgan fingerprint density at radius 2 is 1.81 bits per heavy atom. The van der Waals surface area contributed by atoms with Gasteiger partial charge in [0.15, 0.2) is 11.5 Å². The third-order valence-electron chi connectivity index (χ3n) is 3.74. The summed E-state index contributed by atoms with van der Waals surface area (Å²) < 4.78 is 11.0. The Kier molecular flexibility index (Phi) is 6.01. The van der Waals surface area contributed by atoms with E-state index >= 15 is 0 Å². The van der Waals surface area contributed by atoms with Gasteiger partial charge in [-0.25, -0.2) is 0 Å². The van der Waals surface area contributed by atoms with E-state index in [1.807, 2.05) is 36.4 Å². The van der Waals surface area contributed by atoms with Crippen molar-refractivity contribution in [3.05, 3.63) is 48.5 Å². The number of amides is 2. The molecule has 0 atom stereocenters. The lowest BCUT2D eigenvalue weighted by Gasteiger charge is -2.19. The number of benzene rings is 2. The fourth-order valence-electron chi connectivity index (χ4n) is 2.39. The van der Waals surface area contributed by atoms with Gasteiger partial charge < -0.3 is 19.7 Å². The molecule has 2 aromatic rings. The first-order chi connectivity index (χ1) is 12.6. The van der Waals surface area contributed by atoms with Crippen molar-refractivity contribution >= 4 is 29.3 Å². The van der Waals surface area contributed by atoms with Crippen LogP contribution >= 0.6 is 11.8 Å². The third-order valence-corrected chi connectivity index (χ3v) is 4.72. The Hall–Kier alpha value is -2.67. The molecule has 0 aromatic heterocycles. The van der Waals surface area contributed by atoms with Crippen molar-refractivity contribution in [1.29, 1.82) is 0 Å². The predicted octanol–water partition coefficient (Wildman–Crippen LogP) is 2.65. The number of anilines is 1. The zero-order valence-electron chi connectivity index (χ0n) is 14.4. The molecule has 1 aliphatic rings. The summed E-state index contributed by atoms with van der Waals surface area (Å²) in [6.45, 7) is 1.09. The van der Waals surface area contributed by atoms with Crippen molar-refractivity contribution < 1.29 is 19.1 Å². The second-order valence-corrected chi connectivity index (χ2v) is 6.81. The van der Waals surface area contributed by atoms with E-state index in [-0.39, 0.29) is 24.1 Å². The number of ether oxygens (including phenoxy) is 2. The summed E-state index contributed by atoms with van der Waals surface area (Å²) in [5, 5.41) is 2.77. The van der Waals surface area contributed by atoms with Gasteiger partial charge in [-0.2, -0.15) is 0 Å². The van der Waals surface area contributed by atoms with Gasteiger partial charge in [0.05, 0.1) is 12.3 Å². The highest BCUT2D eigenvalue weighted by Gasteiger charge is 2.15. The number of hydrogen-bond donors (Lipinski definition) is 1. The number of likely N-dealkylation sites (N-methyl/N-ethyl adjacent to an activating group) is 1. The van der Waals surface area contributed by atoms with Gasteiger partial charge >= 0.3 is 0 Å². The van der Waals surface area contributed by atoms with Crippen LogP contribution in [0.25, 0.3) is 0 Å². The van der Waals surface area contributed by atoms with Crippen LogP contribution in [-0.2, 0) is 9.59 Å². The van der Waals surface area contributed by atoms with Crippen LogP contribution in [0.15, 0.2) is 53.4 Å². The van der Waals surface area contributed by atoms with Crippen LogP contribution in [0.1, 0.15) is 0 Å². The minimum absolute atomic E-state index is 0.00935. The van der Waals surface area contributed by atoms with Crippen molar-refractivity contribution in [1.82, 2.24) is 4.90 Å². The monoisotopic (exact) mass is 372 g/mol. The second-order valence-electron chi connectivity index (χ2n) is 5.76. The zero-order chi connectivity index (χ0) is 18.4. The van der Waals surface area contributed by atoms with Crippen molar-refractivity contribution in [2.75, 3.05) is 37.9 Å². The molecule has 0 unspecified atom stereocenters. The van der Waals surface area contributed by atoms with E-state index in [4.69, 9.17) is 9.47 Å². The van der Waals surface area contributed by atoms with Crippen molar-refractivity contribution in [2.24, 2.45) is 0 Å². The third kappa shape index (κ3) is 4.92. The maximum Gasteiger partial charge on any atom is 0.243 e. The summed E-state index contributed by atoms with van der Waals surface area (Å²) in [6.07, 6.45) is 0. The van der Waals surface area contributed by atoms with Crippen LogP contribution in [0.5, 0.6) is 11.5 Å². The number of hydrogen-bond acceptors (Lipinski definition) is 5. The molecule has 1 heterocycles. The molecule has 26 heavy (non-hydrogen) atoms. The maximum absolute atomic E-state index is 12.3. The number of carbonyl (C=O) groups is 2. The summed E-state index contributed by atoms with van der Waals surface area (Å²) in [5.74, 6) is 1.32. The number of carbonyl (C=O) groups excluding carboxylic acids is 2. The number of para-hydroxylation sites is 1. The Labute approximate surface area is 156 Å². The molecule has 0 radical (unpaired) electrons. The summed E-state index contributed by atoms with van der Waals surface area (Å²) in [6, 6.07) is 14.8. The maximum atomic E-state index is 12.3. The van der Waals surface area contributed by atoms with Crippen molar-refractivity contribution in [3.63, 3.8) is 0 Å². The van der Waals surface area contributed by atoms with Crippen LogP contribution in [0, 0.1) is 0 Å². The predicted molar refractivity (Wildman–Crippen MR) is 101 cm³/mol. The standard InChI is InChI=1S/C19H20N2O4S/c1-21(12-18(22)20-14-5-3-2-4-6-14)19(23)13-26-15-7-8-16-17(11-15)25-10-9-24-16/h2-8,11H,9-10,12-13H2,1H3,(H,20,22). The molecule has 2 aromatic carbocycles. The highest BCUT2D eigenvalue weighted by Crippen LogP contribution is 2.34. The zero-order valence-corrected chi connectivity index (χ0v) is 15.3. The SMILES string of the molecule is CN(CC(=O)Nc1ccccc1)C(=O)CSc1ccc2c(c1)OCCO2. The van der Waals surface area contributed by atoms with Gasteiger partial charge in [0, 0.05) is 17.6 Å². The van der Waals surface area contributed by atoms with Gasteiger partial charge in [-0.15, -0.1) is 11.8 Å². The fourth-order valence-corrected chi connectivity index (χ4v) is 3.26. The highest BCUT2D eigenvalue weighted by molar-refractivity contribution is 8.00. The summed E-state index contributed by atoms with van der Waals surface area (Å²) in [4.78, 5) is 26.6. The fraction of sp³-hybridized carbons (Fsp3) is 0.263. The Bertz CT molecular complexity index is 782. The van der Waals surface area contributed by atoms with Crippen LogP contribution in [-0.4, -0.2) is 49.3 Å². The normalized spacial score (nSPS) is 12.3. The minimum Gasteiger partial charge on any atom is -0.486 e. The van der Waals surface area contributed by atoms with Gasteiger partial charge in [0.25, 0.3) is 0 Å². The van der Waals surface area contributed by atoms with Gasteiger partial charge in [-0.05, 0) is 30.3 Å². The molecule has 7 heteroatoms. The molecular formula is C19H20N2O4S. The molecule has 1 N–H and O–H groups in total. The molecule has 3 rings (SSSR count). The van der Waals surface area contributed by atoms with Crippen LogP contribution in [0.3, 0.4) is 0 Å². The molecule has 0 aliphatic carbocycles. The molecule has 2 amide bonds. The number of nitrogens with one attached hydrogen (secondary N) is 1. The molecule has 0 bridgehead atoms. The molecule has 6 nitrogen and oxygen atoms in total. The molecule has 136 valence electrons. The number of thioether (sulfide) groups is 1. The van der Waals surface area contributed by atoms with Gasteiger partial charge in [0.1, 0.15) is 13.2 Å². The van der Waals surface area contributed by atoms with Crippen molar-refractivity contribution in [3.8, 4) is 11.5 Å². The first-order valence-electron chi connectivity index (χ1n) is 8.23. The molecule has 0 saturated carbocycles. The van der Waals surface area contributed by atoms with Gasteiger partial charge in [-0.3, -0.25) is 9.59 Å². The largest absolute Gasteiger partial charge is 0.486 e. The van der Waals surface area contributed by atoms with E-state index in [0.29, 0.717) is 24.7 Å². The average Bonchev–Trinajstić information content (AvgIpc) is 2.66. The Morgan fingerprint density at radius 3 is 2.58 bits per heavy atom. The quantitative estimate of drug-likeness (QED) is 0.790. The molecule has 0 spiro atoms. The summed E-state index contributed by atoms with van der Waals surface area (Å²) >= 11 is 1.40. The molecule has 0 saturated heterocycles. The number of fused-ring (bicyclic) bond motifs is 1. The lowest BCUT2D eigenvalue weighted by atomic mass is 10.3. The molecular weight excluding hydrogens is 352 g/mol. The summed E-state index contributed by atoms with van der Waals surface area (Å²) in [5.41, 5.74) is 0.712. The molecule has 1 aliphatic heterocycles. The van der Waals surface area contributed by atoms with Crippen LogP contribution in [0.2, 0.25) is 0 Å². The first-order valence-corrected chi connectivity index (χ1v) is 9.22. The van der Waals surface area contributed by atoms with E-state index in [9.17, 15) is 9.59 Å². The van der Waals surface area contributed by atoms with Crippen LogP contribution in [0.4, 0.5) is 5.69 Å². The highest BCUT2D eigenvalue weighted by atomic mass is 32.2. The Morgan fingerprint density at radius 1 is 1.08 bits per heavy atom. The Balaban J connectivity index is 1.47. The molecule has 0 fully saturated rings. The van der Waals surface area contributed by atoms with E-state index < -0.39 is 0 Å². The summed E-state index contributed by atoms with van der Waals surface area (Å²) in [7, 11) is 1.62. The van der Waals surface area contributed by atoms with E-state index in [1.165, 1.54) is 16.7 Å². The number of nitrogens with zero attached hydrogens (tertiary/aromatic N) is 1. The van der Waals surface area contributed by atoms with E-state index in [1.54, 1.807) is 19.2 Å². The lowest BCUT2D eigenvalue weighted by Crippen LogP contribution is -2.35. The van der Waals surface area contributed by atoms with Gasteiger partial charge in [0.2, 0.25) is 11.8 Å². The topological polar surface area (TPSA) is 67.9 Å². The first kappa shape index (κ1) is 18.1. The smallest absolute Gasteiger partial charge is 0.243 e. The van der Waals surface area contributed by atoms with Gasteiger partial charge in [-0.1, -0.05) is 18.2 Å². The second kappa shape index (κ2) is 8.62. The van der Waals surface area contributed by atoms with E-state index in [0.717, 1.165) is 10.6 Å². The minimum atomic E-state index is -0.226. The number of rotatable bonds is 6. The van der Waals surface area contributed by atoms with Crippen LogP contribution < -0.4 is 14.8 Å². The van der Waals surface area contributed by atoms with Crippen molar-refractivity contribution in [2.45, 2.75) is 4.90 Å². The lowest BCUT2D eigenvalue weighted by molar-refractivity contribution is -0.131.